The molecule has 1 atom stereocenters. The molecule has 66 valence electrons. The molecule has 0 aromatic carbocycles. The van der Waals surface area contributed by atoms with Gasteiger partial charge in [-0.15, -0.1) is 0 Å². The Hall–Kier alpha value is 0.110. The molecule has 1 fully saturated rings. The summed E-state index contributed by atoms with van der Waals surface area (Å²) in [6.07, 6.45) is 6.54. The predicted molar refractivity (Wildman–Crippen MR) is 47.1 cm³/mol. The standard InChI is InChI=1S/C8H16O2S/c1-10-7-3-5-8(6-4-7)11(2)9/h7-8H,3-6H2,1-2H3. The van der Waals surface area contributed by atoms with Gasteiger partial charge in [0.05, 0.1) is 6.10 Å². The fourth-order valence-corrected chi connectivity index (χ4v) is 2.54. The van der Waals surface area contributed by atoms with E-state index in [4.69, 9.17) is 4.74 Å². The van der Waals surface area contributed by atoms with E-state index in [1.807, 2.05) is 0 Å². The second-order valence-corrected chi connectivity index (χ2v) is 4.80. The van der Waals surface area contributed by atoms with Crippen LogP contribution >= 0.6 is 0 Å². The minimum atomic E-state index is -0.624. The fourth-order valence-electron chi connectivity index (χ4n) is 1.60. The topological polar surface area (TPSA) is 26.3 Å². The highest BCUT2D eigenvalue weighted by molar-refractivity contribution is 7.84. The van der Waals surface area contributed by atoms with E-state index in [2.05, 4.69) is 0 Å². The third kappa shape index (κ3) is 2.56. The van der Waals surface area contributed by atoms with Crippen molar-refractivity contribution in [3.05, 3.63) is 0 Å². The van der Waals surface area contributed by atoms with E-state index in [9.17, 15) is 4.21 Å². The van der Waals surface area contributed by atoms with Crippen molar-refractivity contribution in [2.45, 2.75) is 37.0 Å². The first-order chi connectivity index (χ1) is 5.24. The van der Waals surface area contributed by atoms with Gasteiger partial charge in [-0.2, -0.15) is 0 Å². The second-order valence-electron chi connectivity index (χ2n) is 3.13. The number of ether oxygens (including phenoxy) is 1. The molecule has 0 spiro atoms. The SMILES string of the molecule is COC1CCC(S(C)=O)CC1. The molecule has 1 aliphatic carbocycles. The predicted octanol–water partition coefficient (Wildman–Crippen LogP) is 1.32. The first kappa shape index (κ1) is 9.20. The molecule has 1 aliphatic rings. The molecule has 1 saturated carbocycles. The molecule has 0 aromatic heterocycles. The van der Waals surface area contributed by atoms with Crippen LogP contribution in [-0.4, -0.2) is 28.9 Å². The van der Waals surface area contributed by atoms with Gasteiger partial charge in [-0.25, -0.2) is 0 Å². The summed E-state index contributed by atoms with van der Waals surface area (Å²) in [5.74, 6) is 0. The van der Waals surface area contributed by atoms with Crippen LogP contribution < -0.4 is 0 Å². The molecular formula is C8H16O2S. The van der Waals surface area contributed by atoms with E-state index in [0.29, 0.717) is 11.4 Å². The van der Waals surface area contributed by atoms with Crippen LogP contribution in [-0.2, 0) is 15.5 Å². The van der Waals surface area contributed by atoms with Crippen molar-refractivity contribution in [3.63, 3.8) is 0 Å². The van der Waals surface area contributed by atoms with Crippen molar-refractivity contribution in [3.8, 4) is 0 Å². The lowest BCUT2D eigenvalue weighted by Gasteiger charge is -2.25. The molecule has 0 N–H and O–H groups in total. The summed E-state index contributed by atoms with van der Waals surface area (Å²) < 4.78 is 16.3. The van der Waals surface area contributed by atoms with Gasteiger partial charge in [0.25, 0.3) is 0 Å². The molecule has 0 aliphatic heterocycles. The minimum Gasteiger partial charge on any atom is -0.381 e. The maximum absolute atomic E-state index is 11.1. The van der Waals surface area contributed by atoms with Crippen LogP contribution in [0.1, 0.15) is 25.7 Å². The van der Waals surface area contributed by atoms with Crippen molar-refractivity contribution in [1.29, 1.82) is 0 Å². The van der Waals surface area contributed by atoms with E-state index >= 15 is 0 Å². The third-order valence-electron chi connectivity index (χ3n) is 2.42. The zero-order valence-corrected chi connectivity index (χ0v) is 8.02. The van der Waals surface area contributed by atoms with Gasteiger partial charge in [0.2, 0.25) is 0 Å². The zero-order chi connectivity index (χ0) is 8.27. The van der Waals surface area contributed by atoms with Gasteiger partial charge in [-0.05, 0) is 25.7 Å². The van der Waals surface area contributed by atoms with Crippen LogP contribution in [0.4, 0.5) is 0 Å². The number of rotatable bonds is 2. The lowest BCUT2D eigenvalue weighted by Crippen LogP contribution is -2.26. The Bertz CT molecular complexity index is 139. The Kier molecular flexibility index (Phi) is 3.52. The van der Waals surface area contributed by atoms with E-state index in [1.54, 1.807) is 13.4 Å². The lowest BCUT2D eigenvalue weighted by molar-refractivity contribution is 0.0721. The Balaban J connectivity index is 2.30. The van der Waals surface area contributed by atoms with Gasteiger partial charge < -0.3 is 4.74 Å². The summed E-state index contributed by atoms with van der Waals surface area (Å²) in [5, 5.41) is 0.432. The first-order valence-electron chi connectivity index (χ1n) is 4.09. The maximum Gasteiger partial charge on any atom is 0.0572 e. The molecule has 3 heteroatoms. The quantitative estimate of drug-likeness (QED) is 0.634. The highest BCUT2D eigenvalue weighted by Gasteiger charge is 2.22. The molecule has 0 heterocycles. The summed E-state index contributed by atoms with van der Waals surface area (Å²) in [5.41, 5.74) is 0. The van der Waals surface area contributed by atoms with Crippen molar-refractivity contribution in [1.82, 2.24) is 0 Å². The summed E-state index contributed by atoms with van der Waals surface area (Å²) >= 11 is 0. The molecule has 0 saturated heterocycles. The van der Waals surface area contributed by atoms with Gasteiger partial charge in [0.15, 0.2) is 0 Å². The van der Waals surface area contributed by atoms with Crippen molar-refractivity contribution in [2.24, 2.45) is 0 Å². The van der Waals surface area contributed by atoms with E-state index < -0.39 is 10.8 Å². The second kappa shape index (κ2) is 4.21. The van der Waals surface area contributed by atoms with Crippen molar-refractivity contribution < 1.29 is 8.95 Å². The van der Waals surface area contributed by atoms with E-state index in [-0.39, 0.29) is 0 Å². The Morgan fingerprint density at radius 1 is 1.27 bits per heavy atom. The van der Waals surface area contributed by atoms with Crippen molar-refractivity contribution >= 4 is 10.8 Å². The molecule has 0 amide bonds. The number of methoxy groups -OCH3 is 1. The Morgan fingerprint density at radius 3 is 2.18 bits per heavy atom. The molecule has 1 unspecified atom stereocenters. The summed E-state index contributed by atoms with van der Waals surface area (Å²) in [6.45, 7) is 0. The van der Waals surface area contributed by atoms with Crippen LogP contribution in [0.2, 0.25) is 0 Å². The van der Waals surface area contributed by atoms with Crippen LogP contribution in [0, 0.1) is 0 Å². The van der Waals surface area contributed by atoms with Gasteiger partial charge in [-0.1, -0.05) is 0 Å². The Morgan fingerprint density at radius 2 is 1.82 bits per heavy atom. The summed E-state index contributed by atoms with van der Waals surface area (Å²) in [6, 6.07) is 0. The highest BCUT2D eigenvalue weighted by atomic mass is 32.2. The molecule has 0 aromatic rings. The number of hydrogen-bond donors (Lipinski definition) is 0. The smallest absolute Gasteiger partial charge is 0.0572 e. The molecular weight excluding hydrogens is 160 g/mol. The average Bonchev–Trinajstić information content (AvgIpc) is 2.05. The normalized spacial score (nSPS) is 35.1. The van der Waals surface area contributed by atoms with Crippen LogP contribution in [0.25, 0.3) is 0 Å². The minimum absolute atomic E-state index is 0.426. The van der Waals surface area contributed by atoms with E-state index in [1.165, 1.54) is 0 Å². The molecule has 2 nitrogen and oxygen atoms in total. The van der Waals surface area contributed by atoms with E-state index in [0.717, 1.165) is 25.7 Å². The molecule has 1 rings (SSSR count). The third-order valence-corrected chi connectivity index (χ3v) is 3.83. The van der Waals surface area contributed by atoms with Crippen LogP contribution in [0.15, 0.2) is 0 Å². The van der Waals surface area contributed by atoms with Crippen molar-refractivity contribution in [2.75, 3.05) is 13.4 Å². The summed E-state index contributed by atoms with van der Waals surface area (Å²) in [4.78, 5) is 0. The monoisotopic (exact) mass is 176 g/mol. The maximum atomic E-state index is 11.1. The largest absolute Gasteiger partial charge is 0.381 e. The molecule has 0 radical (unpaired) electrons. The van der Waals surface area contributed by atoms with Crippen LogP contribution in [0.5, 0.6) is 0 Å². The molecule has 0 bridgehead atoms. The van der Waals surface area contributed by atoms with Crippen LogP contribution in [0.3, 0.4) is 0 Å². The first-order valence-corrected chi connectivity index (χ1v) is 5.71. The summed E-state index contributed by atoms with van der Waals surface area (Å²) in [7, 11) is 1.13. The van der Waals surface area contributed by atoms with Gasteiger partial charge in [0, 0.05) is 29.4 Å². The highest BCUT2D eigenvalue weighted by Crippen LogP contribution is 2.23. The van der Waals surface area contributed by atoms with Gasteiger partial charge in [-0.3, -0.25) is 4.21 Å². The average molecular weight is 176 g/mol. The Labute approximate surface area is 70.8 Å². The lowest BCUT2D eigenvalue weighted by atomic mass is 9.97. The number of hydrogen-bond acceptors (Lipinski definition) is 2. The zero-order valence-electron chi connectivity index (χ0n) is 7.21. The van der Waals surface area contributed by atoms with Gasteiger partial charge in [0.1, 0.15) is 0 Å². The fraction of sp³-hybridized carbons (Fsp3) is 1.00. The molecule has 11 heavy (non-hydrogen) atoms. The van der Waals surface area contributed by atoms with Gasteiger partial charge >= 0.3 is 0 Å².